The van der Waals surface area contributed by atoms with Gasteiger partial charge in [0.25, 0.3) is 0 Å². The zero-order valence-corrected chi connectivity index (χ0v) is 78.5. The van der Waals surface area contributed by atoms with E-state index in [0.717, 1.165) is 36.3 Å². The number of nitrogens with one attached hydrogen (secondary N) is 13. The molecule has 47 heteroatoms. The van der Waals surface area contributed by atoms with Crippen molar-refractivity contribution in [2.75, 3.05) is 72.0 Å². The van der Waals surface area contributed by atoms with Crippen molar-refractivity contribution in [2.45, 2.75) is 227 Å². The Hall–Kier alpha value is -14.1. The number of guanidine groups is 1. The Bertz CT molecular complexity index is 5360. The van der Waals surface area contributed by atoms with Gasteiger partial charge in [0, 0.05) is 125 Å². The largest absolute Gasteiger partial charge is 0.508 e. The monoisotopic (exact) mass is 1940 g/mol. The summed E-state index contributed by atoms with van der Waals surface area (Å²) in [5.74, 6) is -20.2. The Balaban J connectivity index is 1.11. The number of aromatic hydroxyl groups is 1. The Morgan fingerprint density at radius 2 is 1.14 bits per heavy atom. The summed E-state index contributed by atoms with van der Waals surface area (Å²) >= 11 is 0.737. The van der Waals surface area contributed by atoms with E-state index in [-0.39, 0.29) is 101 Å². The number of aliphatic carboxylic acids is 1. The molecule has 6 heterocycles. The number of carbonyl (C=O) groups is 18. The molecule has 0 bridgehead atoms. The van der Waals surface area contributed by atoms with Crippen LogP contribution in [0.2, 0.25) is 0 Å². The number of phenols is 1. The molecular formula is C91H125N23O23S. The van der Waals surface area contributed by atoms with E-state index in [4.69, 9.17) is 22.6 Å². The van der Waals surface area contributed by atoms with Gasteiger partial charge in [-0.1, -0.05) is 88.1 Å². The molecule has 0 unspecified atom stereocenters. The lowest BCUT2D eigenvalue weighted by Gasteiger charge is -2.36. The number of H-pyrrole nitrogens is 1. The fourth-order valence-corrected chi connectivity index (χ4v) is 17.8. The average Bonchev–Trinajstić information content (AvgIpc) is 1.62. The molecule has 0 saturated carbocycles. The zero-order valence-electron chi connectivity index (χ0n) is 77.6. The van der Waals surface area contributed by atoms with Gasteiger partial charge in [-0.2, -0.15) is 0 Å². The number of aliphatic imine (C=N–C) groups is 1. The number of aromatic amines is 1. The van der Waals surface area contributed by atoms with Crippen LogP contribution >= 0.6 is 11.8 Å². The number of nitrogens with two attached hydrogens (primary N) is 3. The molecule has 0 aliphatic carbocycles. The standard InChI is InChI=1S/C91H125N23O23S/c1-7-9-21-69-83(130)101-59(20-15-30-97-91(94)95)79(126)108-67(78(125)99-41-74(93)120)47-138-48-75(121)100-62(33-50-25-27-54(117)28-26-50)86(133)109(4)49(3)77(124)104-64(38-73(92)119)88(135)113-32-16-24-70(113)84(131)102-60(34-51-29-31-96-39-51)80(127)107-66(46-116)89(136)114-43-55(118)37-72(114)85(132)103-61(35-52-40-98-58-19-13-11-17-56(52)58)81(128)106-65(45-115)82(129)105-63(87(134)111(6)71(22-10-8-2)90(137)110(69)5)36-53-42-112(44-76(122)123)68-23-14-12-18-57(53)68/h11-14,17-19,23,25-28,31,39-40,42,49,55,59-67,69-72,98,115-118H,7-10,15-16,20-22,24,29-30,32-38,41,43-48H2,1-6H3,(H2,92,119)(H2,93,120)(H,99,125)(H,100,121)(H,101,130)(H,102,131)(H,103,132)(H,104,124)(H,105,129)(H,106,128)(H,107,127)(H,108,126)(H,122,123)(H4,94,95,97)/t49-,55+,59-,60-,61-,62-,63-,64-,65-,66-,67-,69-,70-,71-,72-/m0/s1. The fraction of sp³-hybridized carbons (Fsp3) is 0.516. The van der Waals surface area contributed by atoms with E-state index in [9.17, 15) is 83.1 Å². The number of hydrogen-bond donors (Lipinski definition) is 21. The van der Waals surface area contributed by atoms with E-state index in [0.29, 0.717) is 51.3 Å². The van der Waals surface area contributed by atoms with Gasteiger partial charge in [-0.05, 0) is 98.4 Å². The number of carboxylic acid groups (broad SMARTS) is 1. The normalized spacial score (nSPS) is 24.8. The highest BCUT2D eigenvalue weighted by Gasteiger charge is 2.47. The maximum atomic E-state index is 15.9. The number of phenolic OH excluding ortho intramolecular Hbond substituents is 1. The highest BCUT2D eigenvalue weighted by molar-refractivity contribution is 8.00. The third kappa shape index (κ3) is 29.5. The van der Waals surface area contributed by atoms with Crippen LogP contribution in [0.5, 0.6) is 5.75 Å². The van der Waals surface area contributed by atoms with Crippen molar-refractivity contribution in [2.24, 2.45) is 22.2 Å². The number of likely N-dealkylation sites (N-methyl/N-ethyl adjacent to an activating group) is 3. The fourth-order valence-electron chi connectivity index (χ4n) is 16.9. The van der Waals surface area contributed by atoms with Crippen LogP contribution in [0, 0.1) is 5.41 Å². The minimum absolute atomic E-state index is 0.00219. The summed E-state index contributed by atoms with van der Waals surface area (Å²) in [6, 6.07) is -4.37. The van der Waals surface area contributed by atoms with Crippen LogP contribution in [0.1, 0.15) is 127 Å². The molecule has 0 radical (unpaired) electrons. The molecule has 4 aliphatic heterocycles. The number of aliphatic hydroxyl groups is 3. The first-order valence-corrected chi connectivity index (χ1v) is 46.7. The molecule has 9 rings (SSSR count). The number of aliphatic hydroxyl groups excluding tert-OH is 3. The van der Waals surface area contributed by atoms with Crippen LogP contribution in [0.15, 0.2) is 102 Å². The van der Waals surface area contributed by atoms with E-state index in [2.05, 4.69) is 68.5 Å². The Morgan fingerprint density at radius 1 is 0.565 bits per heavy atom. The molecule has 2 aromatic heterocycles. The molecule has 24 N–H and O–H groups in total. The van der Waals surface area contributed by atoms with E-state index >= 15 is 28.8 Å². The number of thioether (sulfide) groups is 1. The number of carboxylic acids is 1. The third-order valence-electron chi connectivity index (χ3n) is 24.5. The molecule has 17 amide bonds. The van der Waals surface area contributed by atoms with Crippen LogP contribution < -0.4 is 75.7 Å². The van der Waals surface area contributed by atoms with Crippen molar-refractivity contribution in [3.8, 4) is 5.75 Å². The van der Waals surface area contributed by atoms with Crippen LogP contribution in [0.4, 0.5) is 0 Å². The summed E-state index contributed by atoms with van der Waals surface area (Å²) in [5.41, 5.74) is 19.3. The summed E-state index contributed by atoms with van der Waals surface area (Å²) in [6.45, 7) is 0.400. The first kappa shape index (κ1) is 108. The minimum atomic E-state index is -2.00. The molecule has 3 saturated heterocycles. The molecule has 46 nitrogen and oxygen atoms in total. The van der Waals surface area contributed by atoms with Crippen molar-refractivity contribution in [1.82, 2.24) is 92.5 Å². The number of unbranched alkanes of at least 4 members (excludes halogenated alkanes) is 2. The molecule has 748 valence electrons. The molecule has 138 heavy (non-hydrogen) atoms. The first-order chi connectivity index (χ1) is 65.7. The van der Waals surface area contributed by atoms with Gasteiger partial charge in [0.2, 0.25) is 100 Å². The number of fused-ring (bicyclic) bond motifs is 4. The number of primary amides is 2. The summed E-state index contributed by atoms with van der Waals surface area (Å²) in [6.07, 6.45) is 2.98. The maximum absolute atomic E-state index is 15.9. The maximum Gasteiger partial charge on any atom is 0.323 e. The van der Waals surface area contributed by atoms with Crippen LogP contribution in [0.25, 0.3) is 21.8 Å². The van der Waals surface area contributed by atoms with E-state index in [1.165, 1.54) is 75.5 Å². The second-order valence-electron chi connectivity index (χ2n) is 34.6. The summed E-state index contributed by atoms with van der Waals surface area (Å²) in [5, 5.41) is 91.1. The molecule has 3 fully saturated rings. The van der Waals surface area contributed by atoms with Crippen molar-refractivity contribution < 1.29 is 112 Å². The molecule has 3 aromatic carbocycles. The number of rotatable bonds is 27. The summed E-state index contributed by atoms with van der Waals surface area (Å²) < 4.78 is 1.39. The molecule has 15 atom stereocenters. The Morgan fingerprint density at radius 3 is 1.78 bits per heavy atom. The lowest BCUT2D eigenvalue weighted by molar-refractivity contribution is -0.149. The smallest absolute Gasteiger partial charge is 0.323 e. The zero-order chi connectivity index (χ0) is 101. The van der Waals surface area contributed by atoms with Crippen molar-refractivity contribution in [3.63, 3.8) is 0 Å². The first-order valence-electron chi connectivity index (χ1n) is 45.6. The number of benzene rings is 3. The highest BCUT2D eigenvalue weighted by Crippen LogP contribution is 2.29. The predicted molar refractivity (Wildman–Crippen MR) is 502 cm³/mol. The molecule has 0 spiro atoms. The number of hydrogen-bond acceptors (Lipinski definition) is 25. The molecular weight excluding hydrogens is 1820 g/mol. The van der Waals surface area contributed by atoms with E-state index in [1.807, 2.05) is 0 Å². The second kappa shape index (κ2) is 51.2. The van der Waals surface area contributed by atoms with E-state index < -0.39 is 267 Å². The summed E-state index contributed by atoms with van der Waals surface area (Å²) in [4.78, 5) is 274. The van der Waals surface area contributed by atoms with Gasteiger partial charge in [0.05, 0.1) is 38.0 Å². The molecule has 5 aromatic rings. The highest BCUT2D eigenvalue weighted by atomic mass is 32.2. The topological polar surface area (TPSA) is 692 Å². The second-order valence-corrected chi connectivity index (χ2v) is 35.6. The van der Waals surface area contributed by atoms with Crippen molar-refractivity contribution in [1.29, 1.82) is 5.41 Å². The van der Waals surface area contributed by atoms with Crippen LogP contribution in [-0.2, 0) is 112 Å². The number of aromatic nitrogens is 2. The number of carbonyl (C=O) groups excluding carboxylic acids is 17. The Labute approximate surface area is 798 Å². The van der Waals surface area contributed by atoms with Gasteiger partial charge in [0.15, 0.2) is 5.96 Å². The SMILES string of the molecule is CCCC[C@H]1C(=O)N(C)[C@@H](CCCC)C(=O)N[C@@H](CCCNC(=N)N)C(=O)N[C@H](C(=O)NCC(N)=O)CSCC(=O)N[C@@H](Cc2ccc(O)cc2)C(=O)N(C)[C@@H](C)C(=O)N[C@@H](CC(N)=O)C(=O)N2CCC[C@H]2C(=O)N[C@@H](CC2=CN=CC2)C(=O)N[C@@H](CO)C(=O)N2C[C@H](O)C[C@H]2C(=O)N[C@@H](Cc2c[nH]c3ccccc23)C(=O)N[C@@H](CO)C(=O)N[C@@H](Cc2cn(CC(=O)O)c3ccccc23)C(=O)N1C. The summed E-state index contributed by atoms with van der Waals surface area (Å²) in [7, 11) is 3.76. The minimum Gasteiger partial charge on any atom is -0.508 e. The van der Waals surface area contributed by atoms with Gasteiger partial charge in [-0.3, -0.25) is 96.7 Å². The number of amides is 17. The Kier molecular flexibility index (Phi) is 39.9. The van der Waals surface area contributed by atoms with Gasteiger partial charge < -0.3 is 135 Å². The lowest BCUT2D eigenvalue weighted by Crippen LogP contribution is -2.62. The predicted octanol–water partition coefficient (Wildman–Crippen LogP) is -4.64. The van der Waals surface area contributed by atoms with Gasteiger partial charge >= 0.3 is 5.97 Å². The van der Waals surface area contributed by atoms with Crippen LogP contribution in [-0.4, -0.2) is 341 Å². The van der Waals surface area contributed by atoms with Gasteiger partial charge in [-0.25, -0.2) is 0 Å². The number of para-hydroxylation sites is 2. The lowest BCUT2D eigenvalue weighted by atomic mass is 10.00. The third-order valence-corrected chi connectivity index (χ3v) is 25.5. The quantitative estimate of drug-likeness (QED) is 0.0134. The van der Waals surface area contributed by atoms with E-state index in [1.54, 1.807) is 68.6 Å². The molecule has 4 aliphatic rings. The van der Waals surface area contributed by atoms with Crippen molar-refractivity contribution >= 4 is 152 Å². The van der Waals surface area contributed by atoms with Crippen LogP contribution in [0.3, 0.4) is 0 Å². The van der Waals surface area contributed by atoms with Gasteiger partial charge in [-0.15, -0.1) is 11.8 Å². The average molecular weight is 1940 g/mol. The van der Waals surface area contributed by atoms with Crippen molar-refractivity contribution in [3.05, 3.63) is 114 Å². The number of nitrogens with zero attached hydrogens (tertiary/aromatic N) is 7. The van der Waals surface area contributed by atoms with Gasteiger partial charge in [0.1, 0.15) is 96.9 Å².